The zero-order valence-electron chi connectivity index (χ0n) is 10.8. The van der Waals surface area contributed by atoms with Crippen LogP contribution in [-0.4, -0.2) is 10.5 Å². The first kappa shape index (κ1) is 11.7. The van der Waals surface area contributed by atoms with Crippen LogP contribution in [0, 0.1) is 6.92 Å². The number of nitrogens with zero attached hydrogens (tertiary/aromatic N) is 1. The highest BCUT2D eigenvalue weighted by Gasteiger charge is 2.14. The van der Waals surface area contributed by atoms with Crippen LogP contribution in [0.3, 0.4) is 0 Å². The van der Waals surface area contributed by atoms with Gasteiger partial charge in [0.05, 0.1) is 0 Å². The van der Waals surface area contributed by atoms with Crippen LogP contribution >= 0.6 is 0 Å². The van der Waals surface area contributed by atoms with Gasteiger partial charge in [-0.2, -0.15) is 0 Å². The Bertz CT molecular complexity index is 545. The predicted molar refractivity (Wildman–Crippen MR) is 74.3 cm³/mol. The number of anilines is 2. The van der Waals surface area contributed by atoms with E-state index in [1.165, 1.54) is 0 Å². The Hall–Kier alpha value is -1.77. The highest BCUT2D eigenvalue weighted by Crippen LogP contribution is 2.30. The van der Waals surface area contributed by atoms with E-state index >= 15 is 0 Å². The van der Waals surface area contributed by atoms with Gasteiger partial charge in [0, 0.05) is 28.2 Å². The molecule has 0 atom stereocenters. The summed E-state index contributed by atoms with van der Waals surface area (Å²) in [5, 5.41) is 5.59. The lowest BCUT2D eigenvalue weighted by Gasteiger charge is -2.23. The summed E-state index contributed by atoms with van der Waals surface area (Å²) in [4.78, 5) is 4.47. The van der Waals surface area contributed by atoms with Crippen LogP contribution in [0.15, 0.2) is 24.4 Å². The van der Waals surface area contributed by atoms with E-state index in [4.69, 9.17) is 5.73 Å². The molecule has 1 heterocycles. The van der Waals surface area contributed by atoms with Gasteiger partial charge in [0.25, 0.3) is 0 Å². The first-order chi connectivity index (χ1) is 7.88. The number of fused-ring (bicyclic) bond motifs is 1. The fraction of sp³-hybridized carbons (Fsp3) is 0.357. The molecule has 1 aromatic heterocycles. The Morgan fingerprint density at radius 1 is 1.24 bits per heavy atom. The zero-order valence-corrected chi connectivity index (χ0v) is 10.8. The largest absolute Gasteiger partial charge is 0.398 e. The van der Waals surface area contributed by atoms with Crippen molar-refractivity contribution in [2.75, 3.05) is 11.1 Å². The molecular formula is C14H19N3. The third kappa shape index (κ3) is 2.33. The van der Waals surface area contributed by atoms with Crippen molar-refractivity contribution in [3.63, 3.8) is 0 Å². The summed E-state index contributed by atoms with van der Waals surface area (Å²) in [6.07, 6.45) is 1.87. The standard InChI is InChI=1S/C14H19N3/c1-9-8-16-13(17-14(2,3)4)10-6-5-7-11(15)12(9)10/h5-8H,15H2,1-4H3,(H,16,17). The van der Waals surface area contributed by atoms with Crippen molar-refractivity contribution < 1.29 is 0 Å². The minimum Gasteiger partial charge on any atom is -0.398 e. The van der Waals surface area contributed by atoms with E-state index in [0.29, 0.717) is 0 Å². The average Bonchev–Trinajstić information content (AvgIpc) is 2.20. The van der Waals surface area contributed by atoms with Gasteiger partial charge in [-0.15, -0.1) is 0 Å². The summed E-state index contributed by atoms with van der Waals surface area (Å²) < 4.78 is 0. The van der Waals surface area contributed by atoms with E-state index in [-0.39, 0.29) is 5.54 Å². The molecule has 0 aliphatic rings. The number of rotatable bonds is 1. The van der Waals surface area contributed by atoms with Gasteiger partial charge in [-0.25, -0.2) is 4.98 Å². The Morgan fingerprint density at radius 3 is 2.59 bits per heavy atom. The van der Waals surface area contributed by atoms with E-state index in [2.05, 4.69) is 37.1 Å². The van der Waals surface area contributed by atoms with Crippen molar-refractivity contribution in [3.05, 3.63) is 30.0 Å². The molecule has 17 heavy (non-hydrogen) atoms. The Morgan fingerprint density at radius 2 is 1.94 bits per heavy atom. The quantitative estimate of drug-likeness (QED) is 0.737. The first-order valence-electron chi connectivity index (χ1n) is 5.80. The number of aryl methyl sites for hydroxylation is 1. The van der Waals surface area contributed by atoms with Crippen molar-refractivity contribution in [1.29, 1.82) is 0 Å². The molecule has 0 aliphatic heterocycles. The lowest BCUT2D eigenvalue weighted by molar-refractivity contribution is 0.631. The van der Waals surface area contributed by atoms with Crippen molar-refractivity contribution in [2.24, 2.45) is 0 Å². The summed E-state index contributed by atoms with van der Waals surface area (Å²) >= 11 is 0. The van der Waals surface area contributed by atoms with Gasteiger partial charge >= 0.3 is 0 Å². The Kier molecular flexibility index (Phi) is 2.69. The van der Waals surface area contributed by atoms with Crippen molar-refractivity contribution in [3.8, 4) is 0 Å². The fourth-order valence-corrected chi connectivity index (χ4v) is 1.96. The van der Waals surface area contributed by atoms with Gasteiger partial charge in [0.15, 0.2) is 0 Å². The SMILES string of the molecule is Cc1cnc(NC(C)(C)C)c2cccc(N)c12. The van der Waals surface area contributed by atoms with Gasteiger partial charge in [0.1, 0.15) is 5.82 Å². The van der Waals surface area contributed by atoms with Crippen LogP contribution in [0.5, 0.6) is 0 Å². The van der Waals surface area contributed by atoms with Crippen LogP contribution in [0.25, 0.3) is 10.8 Å². The second-order valence-corrected chi connectivity index (χ2v) is 5.43. The van der Waals surface area contributed by atoms with Gasteiger partial charge < -0.3 is 11.1 Å². The van der Waals surface area contributed by atoms with Gasteiger partial charge in [-0.3, -0.25) is 0 Å². The monoisotopic (exact) mass is 229 g/mol. The van der Waals surface area contributed by atoms with Crippen LogP contribution < -0.4 is 11.1 Å². The van der Waals surface area contributed by atoms with Crippen LogP contribution in [0.2, 0.25) is 0 Å². The summed E-state index contributed by atoms with van der Waals surface area (Å²) in [6, 6.07) is 5.95. The molecule has 0 unspecified atom stereocenters. The average molecular weight is 229 g/mol. The predicted octanol–water partition coefficient (Wildman–Crippen LogP) is 3.34. The molecule has 1 aromatic carbocycles. The van der Waals surface area contributed by atoms with Crippen LogP contribution in [-0.2, 0) is 0 Å². The molecule has 0 bridgehead atoms. The molecule has 0 amide bonds. The second kappa shape index (κ2) is 3.91. The fourth-order valence-electron chi connectivity index (χ4n) is 1.96. The van der Waals surface area contributed by atoms with Gasteiger partial charge in [-0.1, -0.05) is 12.1 Å². The molecule has 0 aliphatic carbocycles. The number of pyridine rings is 1. The number of hydrogen-bond donors (Lipinski definition) is 2. The molecule has 0 spiro atoms. The Balaban J connectivity index is 2.67. The normalized spacial score (nSPS) is 11.8. The molecule has 0 saturated heterocycles. The summed E-state index contributed by atoms with van der Waals surface area (Å²) in [7, 11) is 0. The smallest absolute Gasteiger partial charge is 0.134 e. The summed E-state index contributed by atoms with van der Waals surface area (Å²) in [5.41, 5.74) is 7.93. The van der Waals surface area contributed by atoms with Crippen LogP contribution in [0.1, 0.15) is 26.3 Å². The number of hydrogen-bond acceptors (Lipinski definition) is 3. The van der Waals surface area contributed by atoms with Crippen LogP contribution in [0.4, 0.5) is 11.5 Å². The van der Waals surface area contributed by atoms with Gasteiger partial charge in [0.2, 0.25) is 0 Å². The number of aromatic nitrogens is 1. The van der Waals surface area contributed by atoms with Crippen molar-refractivity contribution >= 4 is 22.3 Å². The summed E-state index contributed by atoms with van der Waals surface area (Å²) in [5.74, 6) is 0.894. The topological polar surface area (TPSA) is 50.9 Å². The lowest BCUT2D eigenvalue weighted by Crippen LogP contribution is -2.26. The van der Waals surface area contributed by atoms with E-state index < -0.39 is 0 Å². The maximum Gasteiger partial charge on any atom is 0.134 e. The molecular weight excluding hydrogens is 210 g/mol. The highest BCUT2D eigenvalue weighted by atomic mass is 15.0. The highest BCUT2D eigenvalue weighted by molar-refractivity contribution is 6.01. The van der Waals surface area contributed by atoms with E-state index in [9.17, 15) is 0 Å². The number of benzene rings is 1. The second-order valence-electron chi connectivity index (χ2n) is 5.43. The van der Waals surface area contributed by atoms with Crippen molar-refractivity contribution in [1.82, 2.24) is 4.98 Å². The van der Waals surface area contributed by atoms with Gasteiger partial charge in [-0.05, 0) is 39.3 Å². The van der Waals surface area contributed by atoms with Crippen molar-refractivity contribution in [2.45, 2.75) is 33.2 Å². The molecule has 0 fully saturated rings. The maximum absolute atomic E-state index is 6.03. The maximum atomic E-state index is 6.03. The molecule has 2 rings (SSSR count). The molecule has 3 N–H and O–H groups in total. The van der Waals surface area contributed by atoms with E-state index in [1.54, 1.807) is 0 Å². The summed E-state index contributed by atoms with van der Waals surface area (Å²) in [6.45, 7) is 8.39. The number of nitrogen functional groups attached to an aromatic ring is 1. The Labute approximate surface area is 102 Å². The third-order valence-corrected chi connectivity index (χ3v) is 2.63. The number of nitrogens with one attached hydrogen (secondary N) is 1. The first-order valence-corrected chi connectivity index (χ1v) is 5.80. The molecule has 0 saturated carbocycles. The minimum atomic E-state index is -0.0141. The third-order valence-electron chi connectivity index (χ3n) is 2.63. The molecule has 3 heteroatoms. The van der Waals surface area contributed by atoms with E-state index in [0.717, 1.165) is 27.8 Å². The molecule has 0 radical (unpaired) electrons. The number of nitrogens with two attached hydrogens (primary N) is 1. The zero-order chi connectivity index (χ0) is 12.6. The van der Waals surface area contributed by atoms with E-state index in [1.807, 2.05) is 25.3 Å². The molecule has 3 nitrogen and oxygen atoms in total. The molecule has 2 aromatic rings. The molecule has 90 valence electrons. The lowest BCUT2D eigenvalue weighted by atomic mass is 10.0. The minimum absolute atomic E-state index is 0.0141.